The molecule has 166 valence electrons. The molecule has 1 aliphatic rings. The molecule has 2 aromatic rings. The summed E-state index contributed by atoms with van der Waals surface area (Å²) in [5.41, 5.74) is 2.36. The van der Waals surface area contributed by atoms with E-state index in [0.717, 1.165) is 45.4 Å². The van der Waals surface area contributed by atoms with Crippen molar-refractivity contribution in [1.29, 1.82) is 0 Å². The Morgan fingerprint density at radius 2 is 1.90 bits per heavy atom. The molecule has 1 saturated heterocycles. The Hall–Kier alpha value is -1.20. The van der Waals surface area contributed by atoms with Crippen LogP contribution in [0.5, 0.6) is 0 Å². The lowest BCUT2D eigenvalue weighted by molar-refractivity contribution is 0.0177. The summed E-state index contributed by atoms with van der Waals surface area (Å²) in [4.78, 5) is 8.66. The Balaban J connectivity index is 0.00000320. The van der Waals surface area contributed by atoms with Gasteiger partial charge in [0, 0.05) is 38.2 Å². The molecular formula is C22H33IN4O2S. The first-order valence-electron chi connectivity index (χ1n) is 10.2. The summed E-state index contributed by atoms with van der Waals surface area (Å²) < 4.78 is 10.7. The summed E-state index contributed by atoms with van der Waals surface area (Å²) in [6, 6.07) is 13.1. The number of morpholine rings is 1. The third kappa shape index (κ3) is 7.81. The summed E-state index contributed by atoms with van der Waals surface area (Å²) in [5, 5.41) is 9.07. The lowest BCUT2D eigenvalue weighted by Gasteiger charge is -2.34. The molecular weight excluding hydrogens is 511 g/mol. The second kappa shape index (κ2) is 14.0. The molecule has 1 aromatic carbocycles. The fraction of sp³-hybridized carbons (Fsp3) is 0.500. The summed E-state index contributed by atoms with van der Waals surface area (Å²) in [5.74, 6) is 0.850. The molecule has 1 fully saturated rings. The molecule has 30 heavy (non-hydrogen) atoms. The first kappa shape index (κ1) is 25.1. The van der Waals surface area contributed by atoms with Crippen LogP contribution in [0.15, 0.2) is 46.8 Å². The van der Waals surface area contributed by atoms with E-state index in [1.54, 1.807) is 7.11 Å². The molecule has 1 aromatic heterocycles. The Morgan fingerprint density at radius 1 is 1.17 bits per heavy atom. The fourth-order valence-corrected chi connectivity index (χ4v) is 4.25. The van der Waals surface area contributed by atoms with Gasteiger partial charge in [0.05, 0.1) is 32.4 Å². The SMILES string of the molecule is CCNC(=NCc1ccc(COC)cc1)NCC(c1cccs1)N1CCOCC1.I. The molecule has 0 aliphatic carbocycles. The molecule has 0 amide bonds. The summed E-state index contributed by atoms with van der Waals surface area (Å²) in [7, 11) is 1.72. The number of nitrogens with one attached hydrogen (secondary N) is 2. The average Bonchev–Trinajstić information content (AvgIpc) is 3.29. The van der Waals surface area contributed by atoms with E-state index in [9.17, 15) is 0 Å². The van der Waals surface area contributed by atoms with Gasteiger partial charge in [0.1, 0.15) is 0 Å². The second-order valence-electron chi connectivity index (χ2n) is 7.01. The maximum absolute atomic E-state index is 5.54. The van der Waals surface area contributed by atoms with Crippen molar-refractivity contribution >= 4 is 41.3 Å². The molecule has 1 unspecified atom stereocenters. The summed E-state index contributed by atoms with van der Waals surface area (Å²) >= 11 is 1.81. The number of guanidine groups is 1. The van der Waals surface area contributed by atoms with E-state index in [2.05, 4.69) is 64.2 Å². The van der Waals surface area contributed by atoms with Crippen molar-refractivity contribution in [2.75, 3.05) is 46.5 Å². The number of hydrogen-bond donors (Lipinski definition) is 2. The maximum atomic E-state index is 5.54. The van der Waals surface area contributed by atoms with E-state index < -0.39 is 0 Å². The number of nitrogens with zero attached hydrogens (tertiary/aromatic N) is 2. The molecule has 1 atom stereocenters. The summed E-state index contributed by atoms with van der Waals surface area (Å²) in [6.07, 6.45) is 0. The van der Waals surface area contributed by atoms with E-state index in [1.165, 1.54) is 16.0 Å². The van der Waals surface area contributed by atoms with Crippen molar-refractivity contribution in [3.8, 4) is 0 Å². The Morgan fingerprint density at radius 3 is 2.53 bits per heavy atom. The van der Waals surface area contributed by atoms with Crippen molar-refractivity contribution in [1.82, 2.24) is 15.5 Å². The number of hydrogen-bond acceptors (Lipinski definition) is 5. The van der Waals surface area contributed by atoms with Crippen LogP contribution in [0, 0.1) is 0 Å². The highest BCUT2D eigenvalue weighted by molar-refractivity contribution is 14.0. The van der Waals surface area contributed by atoms with Crippen molar-refractivity contribution in [2.24, 2.45) is 4.99 Å². The van der Waals surface area contributed by atoms with Gasteiger partial charge in [-0.3, -0.25) is 4.90 Å². The van der Waals surface area contributed by atoms with Crippen LogP contribution >= 0.6 is 35.3 Å². The highest BCUT2D eigenvalue weighted by atomic mass is 127. The normalized spacial score (nSPS) is 16.0. The largest absolute Gasteiger partial charge is 0.380 e. The molecule has 3 rings (SSSR count). The number of methoxy groups -OCH3 is 1. The third-order valence-electron chi connectivity index (χ3n) is 4.92. The van der Waals surface area contributed by atoms with E-state index in [-0.39, 0.29) is 24.0 Å². The Kier molecular flexibility index (Phi) is 11.7. The molecule has 2 heterocycles. The minimum Gasteiger partial charge on any atom is -0.380 e. The van der Waals surface area contributed by atoms with Crippen LogP contribution in [0.1, 0.15) is 29.0 Å². The van der Waals surface area contributed by atoms with Crippen molar-refractivity contribution in [3.05, 3.63) is 57.8 Å². The van der Waals surface area contributed by atoms with E-state index in [4.69, 9.17) is 14.5 Å². The summed E-state index contributed by atoms with van der Waals surface area (Å²) in [6.45, 7) is 8.55. The molecule has 1 aliphatic heterocycles. The molecule has 8 heteroatoms. The van der Waals surface area contributed by atoms with Gasteiger partial charge in [0.15, 0.2) is 5.96 Å². The van der Waals surface area contributed by atoms with Gasteiger partial charge >= 0.3 is 0 Å². The van der Waals surface area contributed by atoms with E-state index in [0.29, 0.717) is 19.2 Å². The molecule has 0 spiro atoms. The standard InChI is InChI=1S/C22H32N4O2S.HI/c1-3-23-22(24-15-18-6-8-19(9-7-18)17-27-2)25-16-20(21-5-4-14-29-21)26-10-12-28-13-11-26;/h4-9,14,20H,3,10-13,15-17H2,1-2H3,(H2,23,24,25);1H. The zero-order valence-electron chi connectivity index (χ0n) is 17.8. The zero-order valence-corrected chi connectivity index (χ0v) is 20.9. The Labute approximate surface area is 201 Å². The van der Waals surface area contributed by atoms with Crippen molar-refractivity contribution < 1.29 is 9.47 Å². The van der Waals surface area contributed by atoms with Crippen LogP contribution in [0.2, 0.25) is 0 Å². The van der Waals surface area contributed by atoms with Crippen LogP contribution in [-0.2, 0) is 22.6 Å². The second-order valence-corrected chi connectivity index (χ2v) is 7.98. The van der Waals surface area contributed by atoms with Gasteiger partial charge in [-0.15, -0.1) is 35.3 Å². The molecule has 6 nitrogen and oxygen atoms in total. The number of thiophene rings is 1. The number of halogens is 1. The topological polar surface area (TPSA) is 58.1 Å². The predicted molar refractivity (Wildman–Crippen MR) is 135 cm³/mol. The Bertz CT molecular complexity index is 734. The van der Waals surface area contributed by atoms with Gasteiger partial charge in [-0.1, -0.05) is 30.3 Å². The van der Waals surface area contributed by atoms with E-state index in [1.807, 2.05) is 11.3 Å². The smallest absolute Gasteiger partial charge is 0.191 e. The average molecular weight is 545 g/mol. The number of rotatable bonds is 9. The lowest BCUT2D eigenvalue weighted by Crippen LogP contribution is -2.46. The first-order valence-corrected chi connectivity index (χ1v) is 11.1. The van der Waals surface area contributed by atoms with Crippen LogP contribution in [0.3, 0.4) is 0 Å². The maximum Gasteiger partial charge on any atom is 0.191 e. The van der Waals surface area contributed by atoms with Crippen molar-refractivity contribution in [2.45, 2.75) is 26.1 Å². The van der Waals surface area contributed by atoms with E-state index >= 15 is 0 Å². The fourth-order valence-electron chi connectivity index (χ4n) is 3.39. The third-order valence-corrected chi connectivity index (χ3v) is 5.89. The van der Waals surface area contributed by atoms with Gasteiger partial charge in [0.25, 0.3) is 0 Å². The molecule has 0 saturated carbocycles. The van der Waals surface area contributed by atoms with Gasteiger partial charge < -0.3 is 20.1 Å². The van der Waals surface area contributed by atoms with Gasteiger partial charge in [-0.05, 0) is 29.5 Å². The van der Waals surface area contributed by atoms with Gasteiger partial charge in [-0.2, -0.15) is 0 Å². The first-order chi connectivity index (χ1) is 14.3. The van der Waals surface area contributed by atoms with Gasteiger partial charge in [-0.25, -0.2) is 4.99 Å². The lowest BCUT2D eigenvalue weighted by atomic mass is 10.1. The highest BCUT2D eigenvalue weighted by Gasteiger charge is 2.23. The van der Waals surface area contributed by atoms with Crippen LogP contribution in [-0.4, -0.2) is 57.4 Å². The zero-order chi connectivity index (χ0) is 20.3. The van der Waals surface area contributed by atoms with Crippen LogP contribution in [0.25, 0.3) is 0 Å². The predicted octanol–water partition coefficient (Wildman–Crippen LogP) is 3.64. The van der Waals surface area contributed by atoms with Crippen LogP contribution < -0.4 is 10.6 Å². The monoisotopic (exact) mass is 544 g/mol. The van der Waals surface area contributed by atoms with Gasteiger partial charge in [0.2, 0.25) is 0 Å². The minimum absolute atomic E-state index is 0. The molecule has 0 bridgehead atoms. The quantitative estimate of drug-likeness (QED) is 0.287. The number of ether oxygens (including phenoxy) is 2. The highest BCUT2D eigenvalue weighted by Crippen LogP contribution is 2.25. The number of aliphatic imine (C=N–C) groups is 1. The molecule has 0 radical (unpaired) electrons. The van der Waals surface area contributed by atoms with Crippen molar-refractivity contribution in [3.63, 3.8) is 0 Å². The minimum atomic E-state index is 0. The number of benzene rings is 1. The molecule has 2 N–H and O–H groups in total. The van der Waals surface area contributed by atoms with Crippen LogP contribution in [0.4, 0.5) is 0 Å².